The summed E-state index contributed by atoms with van der Waals surface area (Å²) in [6.45, 7) is 10.5. The smallest absolute Gasteiger partial charge is 0.387 e. The van der Waals surface area contributed by atoms with Crippen molar-refractivity contribution in [2.45, 2.75) is 104 Å². The Kier molecular flexibility index (Phi) is 19.1. The number of rotatable bonds is 18. The van der Waals surface area contributed by atoms with Crippen molar-refractivity contribution >= 4 is 26.2 Å². The highest BCUT2D eigenvalue weighted by Crippen LogP contribution is 2.21. The van der Waals surface area contributed by atoms with Gasteiger partial charge in [-0.15, -0.1) is 0 Å². The van der Waals surface area contributed by atoms with E-state index < -0.39 is 9.28 Å². The van der Waals surface area contributed by atoms with Crippen LogP contribution in [0.15, 0.2) is 0 Å². The van der Waals surface area contributed by atoms with E-state index in [2.05, 4.69) is 27.7 Å². The largest absolute Gasteiger partial charge is 0.393 e. The van der Waals surface area contributed by atoms with Gasteiger partial charge < -0.3 is 8.85 Å². The van der Waals surface area contributed by atoms with Crippen molar-refractivity contribution < 1.29 is 13.6 Å². The first-order valence-electron chi connectivity index (χ1n) is 10.4. The molecule has 0 bridgehead atoms. The van der Waals surface area contributed by atoms with Crippen LogP contribution in [0.3, 0.4) is 0 Å². The van der Waals surface area contributed by atoms with E-state index in [1.54, 1.807) is 0 Å². The van der Waals surface area contributed by atoms with Crippen molar-refractivity contribution in [1.82, 2.24) is 0 Å². The Morgan fingerprint density at radius 1 is 0.880 bits per heavy atom. The zero-order chi connectivity index (χ0) is 18.8. The first-order valence-corrected chi connectivity index (χ1v) is 12.8. The van der Waals surface area contributed by atoms with Crippen molar-refractivity contribution in [3.05, 3.63) is 0 Å². The lowest BCUT2D eigenvalue weighted by Crippen LogP contribution is -2.29. The van der Waals surface area contributed by atoms with Gasteiger partial charge in [-0.25, -0.2) is 0 Å². The molecule has 1 unspecified atom stereocenters. The van der Waals surface area contributed by atoms with E-state index in [0.717, 1.165) is 70.3 Å². The van der Waals surface area contributed by atoms with Gasteiger partial charge in [0.25, 0.3) is 0 Å². The van der Waals surface area contributed by atoms with Crippen LogP contribution in [0, 0.1) is 0 Å². The Morgan fingerprint density at radius 2 is 1.48 bits per heavy atom. The molecule has 0 amide bonds. The predicted molar refractivity (Wildman–Crippen MR) is 112 cm³/mol. The van der Waals surface area contributed by atoms with E-state index >= 15 is 0 Å². The van der Waals surface area contributed by atoms with E-state index in [4.69, 9.17) is 8.85 Å². The maximum Gasteiger partial charge on any atom is 0.387 e. The molecular weight excluding hydrogens is 348 g/mol. The highest BCUT2D eigenvalue weighted by atomic mass is 32.2. The number of hydrogen-bond donors (Lipinski definition) is 0. The molecule has 5 heteroatoms. The molecule has 0 heterocycles. The summed E-state index contributed by atoms with van der Waals surface area (Å²) in [5, 5.41) is 0.368. The molecule has 149 valence electrons. The SMILES string of the molecule is CCCCCCC(=O)SCCCC(C)[Si](OCCCC)OCCCC. The molecule has 0 spiro atoms. The first kappa shape index (κ1) is 25.2. The van der Waals surface area contributed by atoms with E-state index in [1.807, 2.05) is 0 Å². The Morgan fingerprint density at radius 3 is 2.04 bits per heavy atom. The summed E-state index contributed by atoms with van der Waals surface area (Å²) in [5.74, 6) is 0.940. The highest BCUT2D eigenvalue weighted by molar-refractivity contribution is 8.13. The van der Waals surface area contributed by atoms with Crippen LogP contribution in [0.5, 0.6) is 0 Å². The molecule has 0 aromatic carbocycles. The minimum atomic E-state index is -1.18. The van der Waals surface area contributed by atoms with E-state index in [9.17, 15) is 4.79 Å². The second-order valence-electron chi connectivity index (χ2n) is 6.80. The summed E-state index contributed by atoms with van der Waals surface area (Å²) < 4.78 is 12.1. The number of carbonyl (C=O) groups is 1. The molecule has 0 aromatic heterocycles. The summed E-state index contributed by atoms with van der Waals surface area (Å²) in [6, 6.07) is 0. The van der Waals surface area contributed by atoms with Gasteiger partial charge in [0, 0.05) is 30.9 Å². The van der Waals surface area contributed by atoms with Crippen LogP contribution in [-0.2, 0) is 13.6 Å². The molecule has 1 atom stereocenters. The fraction of sp³-hybridized carbons (Fsp3) is 0.950. The van der Waals surface area contributed by atoms with Gasteiger partial charge >= 0.3 is 9.28 Å². The molecular formula is C20H41O3SSi. The van der Waals surface area contributed by atoms with Crippen LogP contribution >= 0.6 is 11.8 Å². The summed E-state index contributed by atoms with van der Waals surface area (Å²) in [4.78, 5) is 11.9. The van der Waals surface area contributed by atoms with Gasteiger partial charge in [-0.3, -0.25) is 4.79 Å². The van der Waals surface area contributed by atoms with E-state index in [-0.39, 0.29) is 0 Å². The third kappa shape index (κ3) is 16.1. The minimum absolute atomic E-state index is 0.368. The van der Waals surface area contributed by atoms with Crippen molar-refractivity contribution in [2.24, 2.45) is 0 Å². The van der Waals surface area contributed by atoms with E-state index in [0.29, 0.717) is 10.7 Å². The average molecular weight is 390 g/mol. The molecule has 0 saturated heterocycles. The van der Waals surface area contributed by atoms with Gasteiger partial charge in [-0.2, -0.15) is 0 Å². The Hall–Kier alpha value is 0.157. The zero-order valence-corrected chi connectivity index (χ0v) is 18.9. The van der Waals surface area contributed by atoms with Crippen LogP contribution in [0.25, 0.3) is 0 Å². The molecule has 0 fully saturated rings. The lowest BCUT2D eigenvalue weighted by molar-refractivity contribution is -0.111. The van der Waals surface area contributed by atoms with Crippen molar-refractivity contribution in [3.8, 4) is 0 Å². The maximum atomic E-state index is 11.9. The van der Waals surface area contributed by atoms with Gasteiger partial charge in [0.1, 0.15) is 0 Å². The molecule has 3 nitrogen and oxygen atoms in total. The molecule has 0 N–H and O–H groups in total. The average Bonchev–Trinajstić information content (AvgIpc) is 2.61. The molecule has 1 radical (unpaired) electrons. The van der Waals surface area contributed by atoms with Crippen LogP contribution in [0.4, 0.5) is 0 Å². The van der Waals surface area contributed by atoms with Crippen molar-refractivity contribution in [1.29, 1.82) is 0 Å². The van der Waals surface area contributed by atoms with Crippen LogP contribution in [0.2, 0.25) is 5.54 Å². The quantitative estimate of drug-likeness (QED) is 0.198. The van der Waals surface area contributed by atoms with Gasteiger partial charge in [-0.1, -0.05) is 71.6 Å². The fourth-order valence-corrected chi connectivity index (χ4v) is 5.03. The standard InChI is InChI=1S/C20H41O3SSi/c1-5-8-11-12-15-20(21)24-18-13-14-19(4)25(22-16-9-6-2)23-17-10-7-3/h19H,5-18H2,1-4H3. The predicted octanol–water partition coefficient (Wildman–Crippen LogP) is 6.51. The zero-order valence-electron chi connectivity index (χ0n) is 17.1. The summed E-state index contributed by atoms with van der Waals surface area (Å²) >= 11 is 1.52. The number of unbranched alkanes of at least 4 members (excludes halogenated alkanes) is 5. The molecule has 0 aliphatic rings. The molecule has 0 aliphatic heterocycles. The van der Waals surface area contributed by atoms with Gasteiger partial charge in [-0.05, 0) is 32.1 Å². The Balaban J connectivity index is 3.90. The normalized spacial score (nSPS) is 12.7. The van der Waals surface area contributed by atoms with Crippen LogP contribution < -0.4 is 0 Å². The molecule has 0 aromatic rings. The van der Waals surface area contributed by atoms with Crippen molar-refractivity contribution in [2.75, 3.05) is 19.0 Å². The second-order valence-corrected chi connectivity index (χ2v) is 10.2. The highest BCUT2D eigenvalue weighted by Gasteiger charge is 2.24. The Labute approximate surface area is 162 Å². The number of hydrogen-bond acceptors (Lipinski definition) is 4. The van der Waals surface area contributed by atoms with Crippen LogP contribution in [0.1, 0.15) is 98.3 Å². The monoisotopic (exact) mass is 389 g/mol. The maximum absolute atomic E-state index is 11.9. The lowest BCUT2D eigenvalue weighted by atomic mass is 10.2. The topological polar surface area (TPSA) is 35.5 Å². The number of thioether (sulfide) groups is 1. The van der Waals surface area contributed by atoms with Crippen molar-refractivity contribution in [3.63, 3.8) is 0 Å². The second kappa shape index (κ2) is 18.9. The van der Waals surface area contributed by atoms with Gasteiger partial charge in [0.2, 0.25) is 0 Å². The summed E-state index contributed by atoms with van der Waals surface area (Å²) in [5.41, 5.74) is 0.485. The molecule has 25 heavy (non-hydrogen) atoms. The van der Waals surface area contributed by atoms with Crippen LogP contribution in [-0.4, -0.2) is 33.4 Å². The summed E-state index contributed by atoms with van der Waals surface area (Å²) in [7, 11) is -1.18. The third-order valence-electron chi connectivity index (χ3n) is 4.17. The minimum Gasteiger partial charge on any atom is -0.393 e. The van der Waals surface area contributed by atoms with E-state index in [1.165, 1.54) is 31.0 Å². The lowest BCUT2D eigenvalue weighted by Gasteiger charge is -2.21. The molecule has 0 saturated carbocycles. The number of carbonyl (C=O) groups excluding carboxylic acids is 1. The molecule has 0 rings (SSSR count). The molecule has 0 aliphatic carbocycles. The Bertz CT molecular complexity index is 293. The fourth-order valence-electron chi connectivity index (χ4n) is 2.42. The first-order chi connectivity index (χ1) is 12.2. The third-order valence-corrected chi connectivity index (χ3v) is 7.26. The van der Waals surface area contributed by atoms with Gasteiger partial charge in [0.05, 0.1) is 0 Å². The van der Waals surface area contributed by atoms with Gasteiger partial charge in [0.15, 0.2) is 5.12 Å². The summed E-state index contributed by atoms with van der Waals surface area (Å²) in [6.07, 6.45) is 12.2.